The molecule has 0 aromatic rings. The Morgan fingerprint density at radius 1 is 1.21 bits per heavy atom. The number of carbonyl (C=O) groups is 1. The minimum atomic E-state index is -4.19. The summed E-state index contributed by atoms with van der Waals surface area (Å²) in [5.41, 5.74) is 0. The lowest BCUT2D eigenvalue weighted by Gasteiger charge is -2.30. The molecule has 2 nitrogen and oxygen atoms in total. The van der Waals surface area contributed by atoms with Crippen molar-refractivity contribution in [2.75, 3.05) is 13.2 Å². The predicted octanol–water partition coefficient (Wildman–Crippen LogP) is 3.54. The fraction of sp³-hybridized carbons (Fsp3) is 0.923. The smallest absolute Gasteiger partial charge is 0.330 e. The van der Waals surface area contributed by atoms with Crippen LogP contribution in [0.5, 0.6) is 0 Å². The van der Waals surface area contributed by atoms with Gasteiger partial charge in [0.2, 0.25) is 0 Å². The summed E-state index contributed by atoms with van der Waals surface area (Å²) in [6.07, 6.45) is -1.28. The van der Waals surface area contributed by atoms with E-state index in [0.29, 0.717) is 11.8 Å². The SMILES string of the molecule is CC1CC(C)CC(C(=O)COCC(F)(F)C(F)F)C1. The minimum Gasteiger partial charge on any atom is -0.367 e. The molecule has 0 radical (unpaired) electrons. The van der Waals surface area contributed by atoms with E-state index in [1.807, 2.05) is 13.8 Å². The lowest BCUT2D eigenvalue weighted by atomic mass is 9.75. The van der Waals surface area contributed by atoms with Crippen molar-refractivity contribution < 1.29 is 27.1 Å². The van der Waals surface area contributed by atoms with Crippen LogP contribution in [-0.2, 0) is 9.53 Å². The van der Waals surface area contributed by atoms with Gasteiger partial charge in [0.1, 0.15) is 13.2 Å². The van der Waals surface area contributed by atoms with Crippen LogP contribution in [0.2, 0.25) is 0 Å². The van der Waals surface area contributed by atoms with E-state index < -0.39 is 25.6 Å². The van der Waals surface area contributed by atoms with Gasteiger partial charge in [-0.1, -0.05) is 13.8 Å². The second-order valence-electron chi connectivity index (χ2n) is 5.64. The van der Waals surface area contributed by atoms with Gasteiger partial charge in [0.15, 0.2) is 5.78 Å². The number of hydrogen-bond acceptors (Lipinski definition) is 2. The van der Waals surface area contributed by atoms with Crippen LogP contribution in [0.15, 0.2) is 0 Å². The molecule has 6 heteroatoms. The highest BCUT2D eigenvalue weighted by molar-refractivity contribution is 5.82. The van der Waals surface area contributed by atoms with Crippen LogP contribution >= 0.6 is 0 Å². The van der Waals surface area contributed by atoms with Gasteiger partial charge in [-0.3, -0.25) is 4.79 Å². The van der Waals surface area contributed by atoms with Crippen molar-refractivity contribution in [2.45, 2.75) is 45.5 Å². The molecule has 0 aliphatic heterocycles. The van der Waals surface area contributed by atoms with Crippen LogP contribution in [0.25, 0.3) is 0 Å². The van der Waals surface area contributed by atoms with Gasteiger partial charge in [0, 0.05) is 5.92 Å². The molecule has 0 heterocycles. The van der Waals surface area contributed by atoms with Gasteiger partial charge < -0.3 is 4.74 Å². The summed E-state index contributed by atoms with van der Waals surface area (Å²) in [7, 11) is 0. The zero-order valence-electron chi connectivity index (χ0n) is 11.2. The monoisotopic (exact) mass is 284 g/mol. The molecule has 0 amide bonds. The number of ether oxygens (including phenoxy) is 1. The highest BCUT2D eigenvalue weighted by Gasteiger charge is 2.41. The summed E-state index contributed by atoms with van der Waals surface area (Å²) < 4.78 is 53.4. The maximum atomic E-state index is 12.6. The highest BCUT2D eigenvalue weighted by atomic mass is 19.3. The Morgan fingerprint density at radius 3 is 2.21 bits per heavy atom. The average molecular weight is 284 g/mol. The predicted molar refractivity (Wildman–Crippen MR) is 62.4 cm³/mol. The molecule has 0 N–H and O–H groups in total. The van der Waals surface area contributed by atoms with Crippen molar-refractivity contribution >= 4 is 5.78 Å². The van der Waals surface area contributed by atoms with E-state index in [0.717, 1.165) is 19.3 Å². The number of hydrogen-bond donors (Lipinski definition) is 0. The first-order valence-corrected chi connectivity index (χ1v) is 6.48. The summed E-state index contributed by atoms with van der Waals surface area (Å²) in [6.45, 7) is 2.17. The van der Waals surface area contributed by atoms with E-state index in [9.17, 15) is 22.4 Å². The van der Waals surface area contributed by atoms with E-state index in [-0.39, 0.29) is 11.7 Å². The summed E-state index contributed by atoms with van der Waals surface area (Å²) in [4.78, 5) is 11.8. The highest BCUT2D eigenvalue weighted by Crippen LogP contribution is 2.33. The summed E-state index contributed by atoms with van der Waals surface area (Å²) in [6, 6.07) is 0. The van der Waals surface area contributed by atoms with Crippen LogP contribution in [0, 0.1) is 17.8 Å². The Bertz CT molecular complexity index is 297. The second-order valence-corrected chi connectivity index (χ2v) is 5.64. The van der Waals surface area contributed by atoms with Crippen LogP contribution in [-0.4, -0.2) is 31.3 Å². The molecule has 1 fully saturated rings. The number of Topliss-reactive ketones (excluding diaryl/α,β-unsaturated/α-hetero) is 1. The van der Waals surface area contributed by atoms with Crippen molar-refractivity contribution in [3.63, 3.8) is 0 Å². The van der Waals surface area contributed by atoms with E-state index in [1.165, 1.54) is 0 Å². The Morgan fingerprint density at radius 2 is 1.74 bits per heavy atom. The van der Waals surface area contributed by atoms with E-state index in [1.54, 1.807) is 0 Å². The molecule has 0 saturated heterocycles. The first-order chi connectivity index (χ1) is 8.72. The zero-order valence-corrected chi connectivity index (χ0v) is 11.2. The van der Waals surface area contributed by atoms with Crippen LogP contribution < -0.4 is 0 Å². The molecule has 112 valence electrons. The van der Waals surface area contributed by atoms with Gasteiger partial charge >= 0.3 is 12.3 Å². The lowest BCUT2D eigenvalue weighted by Crippen LogP contribution is -2.35. The summed E-state index contributed by atoms with van der Waals surface area (Å²) >= 11 is 0. The minimum absolute atomic E-state index is 0.195. The standard InChI is InChI=1S/C13H20F4O2/c1-8-3-9(2)5-10(4-8)11(18)6-19-7-13(16,17)12(14)15/h8-10,12H,3-7H2,1-2H3. The summed E-state index contributed by atoms with van der Waals surface area (Å²) in [5.74, 6) is -3.81. The normalized spacial score (nSPS) is 28.7. The van der Waals surface area contributed by atoms with Crippen molar-refractivity contribution in [3.8, 4) is 0 Å². The van der Waals surface area contributed by atoms with E-state index in [2.05, 4.69) is 4.74 Å². The van der Waals surface area contributed by atoms with Gasteiger partial charge in [-0.2, -0.15) is 8.78 Å². The Hall–Kier alpha value is -0.650. The van der Waals surface area contributed by atoms with Gasteiger partial charge in [-0.05, 0) is 31.1 Å². The Kier molecular flexibility index (Phi) is 5.77. The molecule has 0 aromatic heterocycles. The third kappa shape index (κ3) is 5.09. The average Bonchev–Trinajstić information content (AvgIpc) is 2.27. The second kappa shape index (κ2) is 6.68. The molecule has 1 rings (SSSR count). The molecule has 2 atom stereocenters. The van der Waals surface area contributed by atoms with Crippen molar-refractivity contribution in [3.05, 3.63) is 0 Å². The van der Waals surface area contributed by atoms with Crippen LogP contribution in [0.3, 0.4) is 0 Å². The number of halogens is 4. The maximum absolute atomic E-state index is 12.6. The molecule has 0 bridgehead atoms. The van der Waals surface area contributed by atoms with Gasteiger partial charge in [-0.25, -0.2) is 8.78 Å². The van der Waals surface area contributed by atoms with Crippen molar-refractivity contribution in [1.29, 1.82) is 0 Å². The molecule has 2 unspecified atom stereocenters. The first-order valence-electron chi connectivity index (χ1n) is 6.48. The quantitative estimate of drug-likeness (QED) is 0.697. The van der Waals surface area contributed by atoms with Crippen LogP contribution in [0.4, 0.5) is 17.6 Å². The molecular formula is C13H20F4O2. The van der Waals surface area contributed by atoms with Gasteiger partial charge in [0.05, 0.1) is 0 Å². The third-order valence-corrected chi connectivity index (χ3v) is 3.49. The molecular weight excluding hydrogens is 264 g/mol. The number of rotatable bonds is 6. The Labute approximate surface area is 110 Å². The molecule has 1 aliphatic rings. The van der Waals surface area contributed by atoms with E-state index >= 15 is 0 Å². The molecule has 0 spiro atoms. The van der Waals surface area contributed by atoms with Crippen molar-refractivity contribution in [1.82, 2.24) is 0 Å². The summed E-state index contributed by atoms with van der Waals surface area (Å²) in [5, 5.41) is 0. The van der Waals surface area contributed by atoms with Crippen LogP contribution in [0.1, 0.15) is 33.1 Å². The number of ketones is 1. The zero-order chi connectivity index (χ0) is 14.6. The third-order valence-electron chi connectivity index (χ3n) is 3.49. The fourth-order valence-corrected chi connectivity index (χ4v) is 2.68. The Balaban J connectivity index is 2.35. The number of alkyl halides is 4. The topological polar surface area (TPSA) is 26.3 Å². The first kappa shape index (κ1) is 16.4. The van der Waals surface area contributed by atoms with E-state index in [4.69, 9.17) is 0 Å². The van der Waals surface area contributed by atoms with Gasteiger partial charge in [0.25, 0.3) is 0 Å². The van der Waals surface area contributed by atoms with Crippen molar-refractivity contribution in [2.24, 2.45) is 17.8 Å². The largest absolute Gasteiger partial charge is 0.367 e. The van der Waals surface area contributed by atoms with Gasteiger partial charge in [-0.15, -0.1) is 0 Å². The molecule has 19 heavy (non-hydrogen) atoms. The molecule has 1 aliphatic carbocycles. The fourth-order valence-electron chi connectivity index (χ4n) is 2.68. The number of carbonyl (C=O) groups excluding carboxylic acids is 1. The maximum Gasteiger partial charge on any atom is 0.330 e. The molecule has 1 saturated carbocycles. The molecule has 0 aromatic carbocycles. The lowest BCUT2D eigenvalue weighted by molar-refractivity contribution is -0.169.